The highest BCUT2D eigenvalue weighted by molar-refractivity contribution is 14.1. The molecule has 0 fully saturated rings. The minimum Gasteiger partial charge on any atom is -0.325 e. The summed E-state index contributed by atoms with van der Waals surface area (Å²) >= 11 is 8.00. The third kappa shape index (κ3) is 4.70. The van der Waals surface area contributed by atoms with Crippen molar-refractivity contribution >= 4 is 45.8 Å². The molecule has 16 heavy (non-hydrogen) atoms. The number of benzene rings is 1. The molecule has 1 aromatic carbocycles. The van der Waals surface area contributed by atoms with E-state index in [1.165, 1.54) is 0 Å². The molecule has 0 aliphatic carbocycles. The number of anilines is 1. The van der Waals surface area contributed by atoms with Crippen molar-refractivity contribution in [2.24, 2.45) is 5.41 Å². The smallest absolute Gasteiger partial charge is 0.224 e. The maximum Gasteiger partial charge on any atom is 0.224 e. The van der Waals surface area contributed by atoms with Crippen molar-refractivity contribution in [2.45, 2.75) is 27.2 Å². The molecule has 0 radical (unpaired) electrons. The molecule has 0 aliphatic rings. The average molecular weight is 352 g/mol. The van der Waals surface area contributed by atoms with Crippen LogP contribution in [0.25, 0.3) is 0 Å². The van der Waals surface area contributed by atoms with Crippen LogP contribution in [0, 0.1) is 8.99 Å². The van der Waals surface area contributed by atoms with E-state index in [1.807, 2.05) is 32.9 Å². The lowest BCUT2D eigenvalue weighted by Crippen LogP contribution is -2.20. The molecule has 0 bridgehead atoms. The van der Waals surface area contributed by atoms with Gasteiger partial charge in [0, 0.05) is 15.0 Å². The molecule has 1 N–H and O–H groups in total. The Hall–Kier alpha value is -0.290. The fraction of sp³-hybridized carbons (Fsp3) is 0.417. The van der Waals surface area contributed by atoms with E-state index < -0.39 is 0 Å². The Morgan fingerprint density at radius 3 is 2.56 bits per heavy atom. The fourth-order valence-electron chi connectivity index (χ4n) is 1.27. The highest BCUT2D eigenvalue weighted by Gasteiger charge is 2.16. The number of nitrogens with one attached hydrogen (secondary N) is 1. The molecule has 0 heterocycles. The molecule has 2 nitrogen and oxygen atoms in total. The molecule has 0 spiro atoms. The number of halogens is 2. The summed E-state index contributed by atoms with van der Waals surface area (Å²) in [6, 6.07) is 5.43. The Bertz CT molecular complexity index is 398. The summed E-state index contributed by atoms with van der Waals surface area (Å²) in [6.45, 7) is 6.12. The monoisotopic (exact) mass is 351 g/mol. The Morgan fingerprint density at radius 2 is 2.06 bits per heavy atom. The molecule has 0 aliphatic heterocycles. The molecule has 1 rings (SSSR count). The number of carbonyl (C=O) groups excluding carboxylic acids is 1. The lowest BCUT2D eigenvalue weighted by atomic mass is 9.92. The van der Waals surface area contributed by atoms with E-state index in [1.54, 1.807) is 6.07 Å². The van der Waals surface area contributed by atoms with Gasteiger partial charge in [0.2, 0.25) is 5.91 Å². The third-order valence-corrected chi connectivity index (χ3v) is 3.02. The summed E-state index contributed by atoms with van der Waals surface area (Å²) in [7, 11) is 0. The van der Waals surface area contributed by atoms with Crippen LogP contribution in [-0.2, 0) is 4.79 Å². The van der Waals surface area contributed by atoms with Crippen molar-refractivity contribution < 1.29 is 4.79 Å². The van der Waals surface area contributed by atoms with Crippen LogP contribution in [0.3, 0.4) is 0 Å². The minimum atomic E-state index is 0.00193. The molecular formula is C12H15ClINO. The van der Waals surface area contributed by atoms with E-state index in [-0.39, 0.29) is 11.3 Å². The number of rotatable bonds is 2. The Morgan fingerprint density at radius 1 is 1.44 bits per heavy atom. The largest absolute Gasteiger partial charge is 0.325 e. The zero-order valence-corrected chi connectivity index (χ0v) is 12.5. The van der Waals surface area contributed by atoms with Gasteiger partial charge in [0.25, 0.3) is 0 Å². The number of carbonyl (C=O) groups is 1. The van der Waals surface area contributed by atoms with Crippen LogP contribution in [0.5, 0.6) is 0 Å². The topological polar surface area (TPSA) is 29.1 Å². The molecule has 1 amide bonds. The van der Waals surface area contributed by atoms with Crippen molar-refractivity contribution in [1.82, 2.24) is 0 Å². The number of hydrogen-bond donors (Lipinski definition) is 1. The van der Waals surface area contributed by atoms with Gasteiger partial charge in [-0.3, -0.25) is 4.79 Å². The molecule has 4 heteroatoms. The van der Waals surface area contributed by atoms with Crippen LogP contribution < -0.4 is 5.32 Å². The van der Waals surface area contributed by atoms with E-state index in [0.29, 0.717) is 11.4 Å². The molecule has 0 unspecified atom stereocenters. The van der Waals surface area contributed by atoms with Gasteiger partial charge in [0.15, 0.2) is 0 Å². The molecule has 0 saturated heterocycles. The fourth-order valence-corrected chi connectivity index (χ4v) is 2.27. The summed E-state index contributed by atoms with van der Waals surface area (Å²) in [5.74, 6) is 0.0349. The third-order valence-electron chi connectivity index (χ3n) is 1.90. The highest BCUT2D eigenvalue weighted by atomic mass is 127. The lowest BCUT2D eigenvalue weighted by Gasteiger charge is -2.17. The molecule has 0 saturated carbocycles. The second-order valence-corrected chi connectivity index (χ2v) is 6.51. The van der Waals surface area contributed by atoms with Crippen LogP contribution in [-0.4, -0.2) is 5.91 Å². The summed E-state index contributed by atoms with van der Waals surface area (Å²) in [6.07, 6.45) is 0.506. The first-order valence-corrected chi connectivity index (χ1v) is 6.48. The van der Waals surface area contributed by atoms with Gasteiger partial charge in [-0.1, -0.05) is 32.4 Å². The van der Waals surface area contributed by atoms with Gasteiger partial charge >= 0.3 is 0 Å². The number of amides is 1. The quantitative estimate of drug-likeness (QED) is 0.790. The van der Waals surface area contributed by atoms with E-state index in [0.717, 1.165) is 9.26 Å². The van der Waals surface area contributed by atoms with Crippen molar-refractivity contribution in [1.29, 1.82) is 0 Å². The summed E-state index contributed by atoms with van der Waals surface area (Å²) < 4.78 is 0.951. The second-order valence-electron chi connectivity index (χ2n) is 4.91. The van der Waals surface area contributed by atoms with E-state index in [9.17, 15) is 4.79 Å². The summed E-state index contributed by atoms with van der Waals surface area (Å²) in [5.41, 5.74) is 0.821. The van der Waals surface area contributed by atoms with Gasteiger partial charge in [-0.15, -0.1) is 0 Å². The first kappa shape index (κ1) is 13.8. The average Bonchev–Trinajstić information content (AvgIpc) is 2.06. The van der Waals surface area contributed by atoms with Crippen molar-refractivity contribution in [3.8, 4) is 0 Å². The van der Waals surface area contributed by atoms with Crippen LogP contribution >= 0.6 is 34.2 Å². The summed E-state index contributed by atoms with van der Waals surface area (Å²) in [4.78, 5) is 11.7. The molecule has 88 valence electrons. The van der Waals surface area contributed by atoms with Gasteiger partial charge in [-0.05, 0) is 46.2 Å². The predicted molar refractivity (Wildman–Crippen MR) is 76.9 cm³/mol. The van der Waals surface area contributed by atoms with Gasteiger partial charge < -0.3 is 5.32 Å². The van der Waals surface area contributed by atoms with Crippen LogP contribution in [0.1, 0.15) is 27.2 Å². The number of hydrogen-bond acceptors (Lipinski definition) is 1. The summed E-state index contributed by atoms with van der Waals surface area (Å²) in [5, 5.41) is 3.57. The molecular weight excluding hydrogens is 336 g/mol. The zero-order valence-electron chi connectivity index (χ0n) is 9.60. The van der Waals surface area contributed by atoms with Crippen molar-refractivity contribution in [3.05, 3.63) is 26.8 Å². The maximum atomic E-state index is 11.7. The highest BCUT2D eigenvalue weighted by Crippen LogP contribution is 2.24. The Kier molecular flexibility index (Phi) is 4.62. The van der Waals surface area contributed by atoms with E-state index >= 15 is 0 Å². The first-order valence-electron chi connectivity index (χ1n) is 5.03. The second kappa shape index (κ2) is 5.36. The molecule has 0 aromatic heterocycles. The first-order chi connectivity index (χ1) is 7.28. The lowest BCUT2D eigenvalue weighted by molar-refractivity contribution is -0.117. The van der Waals surface area contributed by atoms with Crippen LogP contribution in [0.2, 0.25) is 5.02 Å². The van der Waals surface area contributed by atoms with Gasteiger partial charge in [-0.25, -0.2) is 0 Å². The van der Waals surface area contributed by atoms with Crippen LogP contribution in [0.4, 0.5) is 5.69 Å². The predicted octanol–water partition coefficient (Wildman–Crippen LogP) is 4.32. The SMILES string of the molecule is CC(C)(C)CC(=O)Nc1ccc(Cl)cc1I. The van der Waals surface area contributed by atoms with Crippen LogP contribution in [0.15, 0.2) is 18.2 Å². The van der Waals surface area contributed by atoms with Gasteiger partial charge in [0.05, 0.1) is 5.69 Å². The van der Waals surface area contributed by atoms with Crippen molar-refractivity contribution in [2.75, 3.05) is 5.32 Å². The molecule has 1 aromatic rings. The zero-order chi connectivity index (χ0) is 12.3. The minimum absolute atomic E-state index is 0.00193. The van der Waals surface area contributed by atoms with E-state index in [2.05, 4.69) is 27.9 Å². The standard InChI is InChI=1S/C12H15ClINO/c1-12(2,3)7-11(16)15-10-5-4-8(13)6-9(10)14/h4-6H,7H2,1-3H3,(H,15,16). The van der Waals surface area contributed by atoms with Gasteiger partial charge in [-0.2, -0.15) is 0 Å². The van der Waals surface area contributed by atoms with E-state index in [4.69, 9.17) is 11.6 Å². The maximum absolute atomic E-state index is 11.7. The normalized spacial score (nSPS) is 11.3. The molecule has 0 atom stereocenters. The Labute approximate surface area is 115 Å². The Balaban J connectivity index is 2.70. The van der Waals surface area contributed by atoms with Crippen molar-refractivity contribution in [3.63, 3.8) is 0 Å². The van der Waals surface area contributed by atoms with Gasteiger partial charge in [0.1, 0.15) is 0 Å².